The minimum atomic E-state index is 0.756. The van der Waals surface area contributed by atoms with E-state index in [4.69, 9.17) is 5.73 Å². The number of nitrogens with zero attached hydrogens (tertiary/aromatic N) is 2. The maximum atomic E-state index is 5.78. The van der Waals surface area contributed by atoms with Crippen molar-refractivity contribution in [2.45, 2.75) is 0 Å². The van der Waals surface area contributed by atoms with E-state index in [2.05, 4.69) is 9.97 Å². The van der Waals surface area contributed by atoms with Gasteiger partial charge in [0.15, 0.2) is 0 Å². The molecule has 88 valence electrons. The highest BCUT2D eigenvalue weighted by molar-refractivity contribution is 7.13. The standard InChI is InChI=1S/C14H11N3S/c15-12-3-1-2-11(8-12)13-9-18-14(17-13)10-4-6-16-7-5-10/h1-9H,15H2. The number of hydrogen-bond acceptors (Lipinski definition) is 4. The molecule has 0 radical (unpaired) electrons. The molecule has 0 saturated carbocycles. The number of rotatable bonds is 2. The monoisotopic (exact) mass is 253 g/mol. The van der Waals surface area contributed by atoms with Crippen LogP contribution in [0.2, 0.25) is 0 Å². The predicted molar refractivity (Wildman–Crippen MR) is 75.2 cm³/mol. The van der Waals surface area contributed by atoms with E-state index in [1.807, 2.05) is 41.8 Å². The molecular formula is C14H11N3S. The minimum Gasteiger partial charge on any atom is -0.399 e. The van der Waals surface area contributed by atoms with E-state index in [9.17, 15) is 0 Å². The van der Waals surface area contributed by atoms with Crippen LogP contribution < -0.4 is 5.73 Å². The summed E-state index contributed by atoms with van der Waals surface area (Å²) >= 11 is 1.62. The predicted octanol–water partition coefficient (Wildman–Crippen LogP) is 3.45. The first kappa shape index (κ1) is 10.9. The molecule has 0 aliphatic heterocycles. The van der Waals surface area contributed by atoms with E-state index in [1.54, 1.807) is 23.7 Å². The molecule has 3 aromatic rings. The zero-order valence-corrected chi connectivity index (χ0v) is 10.4. The molecule has 0 aliphatic carbocycles. The Labute approximate surface area is 109 Å². The maximum Gasteiger partial charge on any atom is 0.124 e. The van der Waals surface area contributed by atoms with Gasteiger partial charge < -0.3 is 5.73 Å². The summed E-state index contributed by atoms with van der Waals surface area (Å²) in [6, 6.07) is 11.7. The third kappa shape index (κ3) is 2.10. The van der Waals surface area contributed by atoms with Gasteiger partial charge in [-0.25, -0.2) is 4.98 Å². The van der Waals surface area contributed by atoms with Crippen LogP contribution >= 0.6 is 11.3 Å². The number of nitrogens with two attached hydrogens (primary N) is 1. The molecule has 18 heavy (non-hydrogen) atoms. The molecule has 3 rings (SSSR count). The van der Waals surface area contributed by atoms with Crippen molar-refractivity contribution < 1.29 is 0 Å². The smallest absolute Gasteiger partial charge is 0.124 e. The van der Waals surface area contributed by atoms with Crippen LogP contribution in [0.15, 0.2) is 54.2 Å². The zero-order chi connectivity index (χ0) is 12.4. The average molecular weight is 253 g/mol. The maximum absolute atomic E-state index is 5.78. The summed E-state index contributed by atoms with van der Waals surface area (Å²) in [5.74, 6) is 0. The zero-order valence-electron chi connectivity index (χ0n) is 9.58. The van der Waals surface area contributed by atoms with Gasteiger partial charge in [-0.3, -0.25) is 4.98 Å². The van der Waals surface area contributed by atoms with Gasteiger partial charge in [0, 0.05) is 34.6 Å². The lowest BCUT2D eigenvalue weighted by Crippen LogP contribution is -1.85. The summed E-state index contributed by atoms with van der Waals surface area (Å²) in [5, 5.41) is 3.04. The van der Waals surface area contributed by atoms with Crippen molar-refractivity contribution in [2.75, 3.05) is 5.73 Å². The molecule has 2 aromatic heterocycles. The first-order chi connectivity index (χ1) is 8.83. The minimum absolute atomic E-state index is 0.756. The van der Waals surface area contributed by atoms with Gasteiger partial charge in [-0.2, -0.15) is 0 Å². The van der Waals surface area contributed by atoms with Crippen molar-refractivity contribution in [1.29, 1.82) is 0 Å². The average Bonchev–Trinajstić information content (AvgIpc) is 2.89. The van der Waals surface area contributed by atoms with E-state index < -0.39 is 0 Å². The van der Waals surface area contributed by atoms with Gasteiger partial charge in [-0.1, -0.05) is 12.1 Å². The normalized spacial score (nSPS) is 10.4. The number of anilines is 1. The molecule has 2 heterocycles. The molecule has 0 atom stereocenters. The lowest BCUT2D eigenvalue weighted by molar-refractivity contribution is 1.32. The molecule has 0 saturated heterocycles. The van der Waals surface area contributed by atoms with Crippen molar-refractivity contribution in [2.24, 2.45) is 0 Å². The molecule has 0 aliphatic rings. The molecule has 1 aromatic carbocycles. The lowest BCUT2D eigenvalue weighted by atomic mass is 10.1. The Hall–Kier alpha value is -2.20. The Morgan fingerprint density at radius 3 is 2.61 bits per heavy atom. The first-order valence-corrected chi connectivity index (χ1v) is 6.43. The SMILES string of the molecule is Nc1cccc(-c2csc(-c3ccncc3)n2)c1. The van der Waals surface area contributed by atoms with E-state index in [0.29, 0.717) is 0 Å². The van der Waals surface area contributed by atoms with Crippen LogP contribution in [0.1, 0.15) is 0 Å². The fourth-order valence-electron chi connectivity index (χ4n) is 1.73. The van der Waals surface area contributed by atoms with Gasteiger partial charge in [0.2, 0.25) is 0 Å². The molecule has 2 N–H and O–H groups in total. The van der Waals surface area contributed by atoms with Gasteiger partial charge in [0.1, 0.15) is 5.01 Å². The Kier molecular flexibility index (Phi) is 2.78. The number of nitrogen functional groups attached to an aromatic ring is 1. The fourth-order valence-corrected chi connectivity index (χ4v) is 2.57. The molecule has 0 bridgehead atoms. The molecule has 0 fully saturated rings. The number of hydrogen-bond donors (Lipinski definition) is 1. The van der Waals surface area contributed by atoms with Gasteiger partial charge in [0.05, 0.1) is 5.69 Å². The Morgan fingerprint density at radius 2 is 1.83 bits per heavy atom. The Bertz CT molecular complexity index is 662. The van der Waals surface area contributed by atoms with Gasteiger partial charge >= 0.3 is 0 Å². The van der Waals surface area contributed by atoms with Crippen LogP contribution in [0.4, 0.5) is 5.69 Å². The second-order valence-corrected chi connectivity index (χ2v) is 4.76. The van der Waals surface area contributed by atoms with Crippen LogP contribution in [-0.2, 0) is 0 Å². The third-order valence-corrected chi connectivity index (χ3v) is 3.51. The third-order valence-electron chi connectivity index (χ3n) is 2.61. The van der Waals surface area contributed by atoms with E-state index >= 15 is 0 Å². The van der Waals surface area contributed by atoms with E-state index in [0.717, 1.165) is 27.5 Å². The van der Waals surface area contributed by atoms with Crippen LogP contribution in [0.3, 0.4) is 0 Å². The largest absolute Gasteiger partial charge is 0.399 e. The molecular weight excluding hydrogens is 242 g/mol. The highest BCUT2D eigenvalue weighted by Gasteiger charge is 2.06. The van der Waals surface area contributed by atoms with E-state index in [-0.39, 0.29) is 0 Å². The highest BCUT2D eigenvalue weighted by atomic mass is 32.1. The van der Waals surface area contributed by atoms with Crippen molar-refractivity contribution in [1.82, 2.24) is 9.97 Å². The Morgan fingerprint density at radius 1 is 1.00 bits per heavy atom. The summed E-state index contributed by atoms with van der Waals surface area (Å²) in [4.78, 5) is 8.63. The lowest BCUT2D eigenvalue weighted by Gasteiger charge is -1.98. The number of pyridine rings is 1. The summed E-state index contributed by atoms with van der Waals surface area (Å²) in [6.45, 7) is 0. The molecule has 0 unspecified atom stereocenters. The summed E-state index contributed by atoms with van der Waals surface area (Å²) in [6.07, 6.45) is 3.55. The Balaban J connectivity index is 2.00. The second-order valence-electron chi connectivity index (χ2n) is 3.90. The van der Waals surface area contributed by atoms with Crippen LogP contribution in [0.25, 0.3) is 21.8 Å². The summed E-state index contributed by atoms with van der Waals surface area (Å²) in [5.41, 5.74) is 9.63. The van der Waals surface area contributed by atoms with Crippen molar-refractivity contribution in [3.63, 3.8) is 0 Å². The van der Waals surface area contributed by atoms with Crippen molar-refractivity contribution in [3.05, 3.63) is 54.2 Å². The van der Waals surface area contributed by atoms with Gasteiger partial charge in [-0.15, -0.1) is 11.3 Å². The highest BCUT2D eigenvalue weighted by Crippen LogP contribution is 2.29. The molecule has 0 amide bonds. The van der Waals surface area contributed by atoms with Crippen molar-refractivity contribution >= 4 is 17.0 Å². The number of aromatic nitrogens is 2. The van der Waals surface area contributed by atoms with Crippen LogP contribution in [0.5, 0.6) is 0 Å². The molecule has 3 nitrogen and oxygen atoms in total. The molecule has 4 heteroatoms. The first-order valence-electron chi connectivity index (χ1n) is 5.55. The second kappa shape index (κ2) is 4.58. The molecule has 0 spiro atoms. The van der Waals surface area contributed by atoms with E-state index in [1.165, 1.54) is 0 Å². The van der Waals surface area contributed by atoms with Crippen LogP contribution in [-0.4, -0.2) is 9.97 Å². The topological polar surface area (TPSA) is 51.8 Å². The van der Waals surface area contributed by atoms with Crippen LogP contribution in [0, 0.1) is 0 Å². The number of thiazole rings is 1. The summed E-state index contributed by atoms with van der Waals surface area (Å²) < 4.78 is 0. The summed E-state index contributed by atoms with van der Waals surface area (Å²) in [7, 11) is 0. The quantitative estimate of drug-likeness (QED) is 0.712. The van der Waals surface area contributed by atoms with Crippen molar-refractivity contribution in [3.8, 4) is 21.8 Å². The van der Waals surface area contributed by atoms with Gasteiger partial charge in [-0.05, 0) is 24.3 Å². The van der Waals surface area contributed by atoms with Gasteiger partial charge in [0.25, 0.3) is 0 Å². The fraction of sp³-hybridized carbons (Fsp3) is 0. The number of benzene rings is 1.